The van der Waals surface area contributed by atoms with Crippen LogP contribution in [-0.4, -0.2) is 74.9 Å². The van der Waals surface area contributed by atoms with Gasteiger partial charge in [-0.25, -0.2) is 16.8 Å². The molecule has 12 heteroatoms. The van der Waals surface area contributed by atoms with E-state index in [0.717, 1.165) is 12.8 Å². The molecule has 0 bridgehead atoms. The summed E-state index contributed by atoms with van der Waals surface area (Å²) in [6.45, 7) is 12.0. The first kappa shape index (κ1) is 30.7. The summed E-state index contributed by atoms with van der Waals surface area (Å²) in [6, 6.07) is 9.30. The minimum atomic E-state index is -3.83. The third-order valence-electron chi connectivity index (χ3n) is 8.33. The third-order valence-corrected chi connectivity index (χ3v) is 12.0. The van der Waals surface area contributed by atoms with Crippen LogP contribution in [0.2, 0.25) is 0 Å². The Bertz CT molecular complexity index is 1510. The molecule has 0 unspecified atom stereocenters. The molecule has 4 atom stereocenters. The number of fused-ring (bicyclic) bond motifs is 2. The Balaban J connectivity index is 1.62. The Morgan fingerprint density at radius 3 is 1.48 bits per heavy atom. The Labute approximate surface area is 249 Å². The van der Waals surface area contributed by atoms with Crippen LogP contribution >= 0.6 is 0 Å². The van der Waals surface area contributed by atoms with Crippen molar-refractivity contribution in [1.29, 1.82) is 0 Å². The zero-order valence-corrected chi connectivity index (χ0v) is 26.5. The van der Waals surface area contributed by atoms with Crippen molar-refractivity contribution in [3.05, 3.63) is 58.7 Å². The van der Waals surface area contributed by atoms with Crippen LogP contribution in [0, 0.1) is 23.7 Å². The van der Waals surface area contributed by atoms with Gasteiger partial charge in [0.25, 0.3) is 0 Å². The summed E-state index contributed by atoms with van der Waals surface area (Å²) in [6.07, 6.45) is 1.93. The van der Waals surface area contributed by atoms with E-state index in [2.05, 4.69) is 38.0 Å². The van der Waals surface area contributed by atoms with Gasteiger partial charge < -0.3 is 10.0 Å². The van der Waals surface area contributed by atoms with Crippen molar-refractivity contribution in [2.75, 3.05) is 32.8 Å². The molecule has 5 rings (SSSR count). The molecule has 228 valence electrons. The fraction of sp³-hybridized carbons (Fsp3) is 0.533. The highest BCUT2D eigenvalue weighted by Gasteiger charge is 2.36. The van der Waals surface area contributed by atoms with Crippen molar-refractivity contribution >= 4 is 31.5 Å². The van der Waals surface area contributed by atoms with Crippen molar-refractivity contribution in [2.24, 2.45) is 34.0 Å². The monoisotopic (exact) mass is 616 g/mol. The number of benzene rings is 2. The number of oxime groups is 2. The van der Waals surface area contributed by atoms with Gasteiger partial charge >= 0.3 is 0 Å². The lowest BCUT2D eigenvalue weighted by Gasteiger charge is -2.34. The number of hydrogen-bond acceptors (Lipinski definition) is 8. The van der Waals surface area contributed by atoms with Crippen LogP contribution in [0.25, 0.3) is 0 Å². The van der Waals surface area contributed by atoms with E-state index in [9.17, 15) is 22.0 Å². The minimum Gasteiger partial charge on any atom is -0.410 e. The minimum absolute atomic E-state index is 0.0903. The molecule has 2 heterocycles. The van der Waals surface area contributed by atoms with E-state index in [0.29, 0.717) is 48.4 Å². The molecule has 2 fully saturated rings. The molecule has 0 saturated carbocycles. The fourth-order valence-corrected chi connectivity index (χ4v) is 10.1. The van der Waals surface area contributed by atoms with E-state index < -0.39 is 20.0 Å². The fourth-order valence-electron chi connectivity index (χ4n) is 6.70. The Kier molecular flexibility index (Phi) is 8.54. The highest BCUT2D eigenvalue weighted by atomic mass is 32.2. The number of rotatable bonds is 6. The number of hydrogen-bond donors (Lipinski definition) is 1. The molecular weight excluding hydrogens is 576 g/mol. The van der Waals surface area contributed by atoms with Gasteiger partial charge in [0.05, 0.1) is 9.79 Å². The molecule has 2 aromatic rings. The summed E-state index contributed by atoms with van der Waals surface area (Å²) in [5, 5.41) is 18.0. The predicted octanol–water partition coefficient (Wildman–Crippen LogP) is 4.35. The largest absolute Gasteiger partial charge is 0.410 e. The van der Waals surface area contributed by atoms with Gasteiger partial charge in [-0.2, -0.15) is 8.61 Å². The lowest BCUT2D eigenvalue weighted by Crippen LogP contribution is -2.42. The Morgan fingerprint density at radius 2 is 1.12 bits per heavy atom. The standard InChI is InChI=1S/C30H40N4O6S2/c1-6-40-32-30-27-13-23(41(36,37)33-15-19(2)11-20(3)16-33)7-9-25(27)29(31-35)26-10-8-24(14-28(26)30)42(38,39)34-17-21(4)12-22(5)18-34/h7-10,13-14,19-22,35H,6,11-12,15-18H2,1-5H3/t19-,20+,21-,22+. The molecule has 0 aromatic heterocycles. The van der Waals surface area contributed by atoms with Gasteiger partial charge in [0.1, 0.15) is 18.0 Å². The topological polar surface area (TPSA) is 129 Å². The molecule has 2 aromatic carbocycles. The lowest BCUT2D eigenvalue weighted by molar-refractivity contribution is 0.159. The summed E-state index contributed by atoms with van der Waals surface area (Å²) in [7, 11) is -7.66. The maximum atomic E-state index is 13.8. The van der Waals surface area contributed by atoms with E-state index >= 15 is 0 Å². The van der Waals surface area contributed by atoms with Crippen molar-refractivity contribution in [3.63, 3.8) is 0 Å². The van der Waals surface area contributed by atoms with Crippen LogP contribution < -0.4 is 0 Å². The predicted molar refractivity (Wildman–Crippen MR) is 161 cm³/mol. The van der Waals surface area contributed by atoms with Crippen LogP contribution in [0.5, 0.6) is 0 Å². The van der Waals surface area contributed by atoms with Gasteiger partial charge in [0.15, 0.2) is 0 Å². The molecule has 2 aliphatic heterocycles. The summed E-state index contributed by atoms with van der Waals surface area (Å²) < 4.78 is 58.2. The second-order valence-electron chi connectivity index (χ2n) is 12.3. The smallest absolute Gasteiger partial charge is 0.243 e. The molecule has 1 aliphatic carbocycles. The molecular formula is C30H40N4O6S2. The summed E-state index contributed by atoms with van der Waals surface area (Å²) in [4.78, 5) is 5.64. The van der Waals surface area contributed by atoms with Crippen LogP contribution in [0.15, 0.2) is 56.5 Å². The molecule has 0 radical (unpaired) electrons. The summed E-state index contributed by atoms with van der Waals surface area (Å²) in [5.41, 5.74) is 2.19. The van der Waals surface area contributed by atoms with Crippen molar-refractivity contribution < 1.29 is 26.9 Å². The van der Waals surface area contributed by atoms with Gasteiger partial charge in [0.2, 0.25) is 20.0 Å². The van der Waals surface area contributed by atoms with Gasteiger partial charge in [-0.1, -0.05) is 50.1 Å². The number of nitrogens with zero attached hydrogens (tertiary/aromatic N) is 4. The van der Waals surface area contributed by atoms with Gasteiger partial charge in [0, 0.05) is 48.4 Å². The van der Waals surface area contributed by atoms with Crippen LogP contribution in [0.4, 0.5) is 0 Å². The molecule has 10 nitrogen and oxygen atoms in total. The zero-order chi connectivity index (χ0) is 30.4. The Hall–Kier alpha value is -2.80. The maximum absolute atomic E-state index is 13.8. The quantitative estimate of drug-likeness (QED) is 0.324. The van der Waals surface area contributed by atoms with Gasteiger partial charge in [-0.05, 0) is 67.7 Å². The van der Waals surface area contributed by atoms with Crippen LogP contribution in [0.1, 0.15) is 69.7 Å². The first-order valence-electron chi connectivity index (χ1n) is 14.6. The number of piperidine rings is 2. The normalized spacial score (nSPS) is 25.5. The lowest BCUT2D eigenvalue weighted by atomic mass is 9.83. The van der Waals surface area contributed by atoms with Crippen molar-refractivity contribution in [1.82, 2.24) is 8.61 Å². The highest BCUT2D eigenvalue weighted by Crippen LogP contribution is 2.35. The molecule has 0 amide bonds. The average molecular weight is 617 g/mol. The molecule has 1 N–H and O–H groups in total. The third kappa shape index (κ3) is 5.61. The summed E-state index contributed by atoms with van der Waals surface area (Å²) >= 11 is 0. The van der Waals surface area contributed by atoms with E-state index in [1.807, 2.05) is 0 Å². The molecule has 0 spiro atoms. The number of sulfonamides is 2. The van der Waals surface area contributed by atoms with E-state index in [1.165, 1.54) is 32.9 Å². The second-order valence-corrected chi connectivity index (χ2v) is 16.1. The average Bonchev–Trinajstić information content (AvgIpc) is 2.93. The maximum Gasteiger partial charge on any atom is 0.243 e. The SMILES string of the molecule is CCON=C1c2cc(S(=O)(=O)N3C[C@H](C)C[C@H](C)C3)ccc2C(=NO)c2ccc(S(=O)(=O)N3C[C@H](C)C[C@H](C)C3)cc21. The van der Waals surface area contributed by atoms with E-state index in [-0.39, 0.29) is 51.5 Å². The molecule has 2 saturated heterocycles. The van der Waals surface area contributed by atoms with Crippen molar-refractivity contribution in [2.45, 2.75) is 57.3 Å². The highest BCUT2D eigenvalue weighted by molar-refractivity contribution is 7.89. The van der Waals surface area contributed by atoms with Gasteiger partial charge in [-0.3, -0.25) is 0 Å². The first-order valence-corrected chi connectivity index (χ1v) is 17.5. The molecule has 42 heavy (non-hydrogen) atoms. The zero-order valence-electron chi connectivity index (χ0n) is 24.8. The second kappa shape index (κ2) is 11.7. The van der Waals surface area contributed by atoms with Crippen LogP contribution in [-0.2, 0) is 24.9 Å². The van der Waals surface area contributed by atoms with E-state index in [1.54, 1.807) is 19.1 Å². The first-order chi connectivity index (χ1) is 19.9. The van der Waals surface area contributed by atoms with E-state index in [4.69, 9.17) is 4.84 Å². The Morgan fingerprint density at radius 1 is 0.714 bits per heavy atom. The summed E-state index contributed by atoms with van der Waals surface area (Å²) in [5.74, 6) is 0.954. The van der Waals surface area contributed by atoms with Crippen LogP contribution in [0.3, 0.4) is 0 Å². The molecule has 3 aliphatic rings. The van der Waals surface area contributed by atoms with Gasteiger partial charge in [-0.15, -0.1) is 0 Å². The van der Waals surface area contributed by atoms with Crippen molar-refractivity contribution in [3.8, 4) is 0 Å².